The van der Waals surface area contributed by atoms with Crippen molar-refractivity contribution in [3.63, 3.8) is 0 Å². The maximum atomic E-state index is 12.6. The Balaban J connectivity index is 1.55. The summed E-state index contributed by atoms with van der Waals surface area (Å²) in [6, 6.07) is 0. The van der Waals surface area contributed by atoms with Crippen molar-refractivity contribution in [3.05, 3.63) is 0 Å². The van der Waals surface area contributed by atoms with E-state index in [1.165, 1.54) is 0 Å². The standard InChI is InChI=1S/C16H22F2O5/c1-14(17,18)9-23-12(19)7-22-13(20)15-3-10-2-11(4-15)6-16(21,5-10)8-15/h10-11,21H,2-9H2,1H3. The Kier molecular flexibility index (Phi) is 3.90. The summed E-state index contributed by atoms with van der Waals surface area (Å²) in [4.78, 5) is 23.9. The van der Waals surface area contributed by atoms with E-state index in [1.807, 2.05) is 0 Å². The van der Waals surface area contributed by atoms with Crippen molar-refractivity contribution in [2.45, 2.75) is 57.0 Å². The van der Waals surface area contributed by atoms with E-state index < -0.39 is 42.1 Å². The van der Waals surface area contributed by atoms with E-state index in [0.29, 0.717) is 38.0 Å². The number of esters is 2. The molecule has 4 bridgehead atoms. The quantitative estimate of drug-likeness (QED) is 0.780. The summed E-state index contributed by atoms with van der Waals surface area (Å²) < 4.78 is 34.6. The number of hydrogen-bond donors (Lipinski definition) is 1. The average Bonchev–Trinajstić information content (AvgIpc) is 2.39. The Labute approximate surface area is 133 Å². The molecule has 1 N–H and O–H groups in total. The van der Waals surface area contributed by atoms with Crippen LogP contribution in [0.5, 0.6) is 0 Å². The molecule has 0 radical (unpaired) electrons. The van der Waals surface area contributed by atoms with Gasteiger partial charge in [0.15, 0.2) is 13.2 Å². The first kappa shape index (κ1) is 16.6. The second kappa shape index (κ2) is 5.40. The number of carbonyl (C=O) groups excluding carboxylic acids is 2. The van der Waals surface area contributed by atoms with Crippen LogP contribution in [0.25, 0.3) is 0 Å². The molecule has 4 rings (SSSR count). The highest BCUT2D eigenvalue weighted by Crippen LogP contribution is 2.61. The van der Waals surface area contributed by atoms with Crippen LogP contribution in [0.15, 0.2) is 0 Å². The Hall–Kier alpha value is -1.24. The summed E-state index contributed by atoms with van der Waals surface area (Å²) in [7, 11) is 0. The molecule has 0 spiro atoms. The van der Waals surface area contributed by atoms with Gasteiger partial charge >= 0.3 is 11.9 Å². The molecule has 7 heteroatoms. The number of halogens is 2. The number of rotatable bonds is 5. The first-order chi connectivity index (χ1) is 10.6. The van der Waals surface area contributed by atoms with Gasteiger partial charge in [-0.2, -0.15) is 0 Å². The molecular formula is C16H22F2O5. The van der Waals surface area contributed by atoms with Gasteiger partial charge in [0.2, 0.25) is 0 Å². The molecule has 0 aromatic heterocycles. The molecule has 2 unspecified atom stereocenters. The highest BCUT2D eigenvalue weighted by molar-refractivity contribution is 5.81. The van der Waals surface area contributed by atoms with E-state index in [-0.39, 0.29) is 0 Å². The van der Waals surface area contributed by atoms with Crippen molar-refractivity contribution >= 4 is 11.9 Å². The van der Waals surface area contributed by atoms with Gasteiger partial charge in [-0.3, -0.25) is 4.79 Å². The molecule has 4 saturated carbocycles. The van der Waals surface area contributed by atoms with Crippen LogP contribution in [-0.2, 0) is 19.1 Å². The third kappa shape index (κ3) is 3.49. The third-order valence-electron chi connectivity index (χ3n) is 5.27. The van der Waals surface area contributed by atoms with Crippen LogP contribution in [0.4, 0.5) is 8.78 Å². The lowest BCUT2D eigenvalue weighted by atomic mass is 9.48. The molecule has 4 aliphatic carbocycles. The van der Waals surface area contributed by atoms with Gasteiger partial charge in [0.25, 0.3) is 5.92 Å². The molecule has 130 valence electrons. The Morgan fingerprint density at radius 3 is 2.30 bits per heavy atom. The van der Waals surface area contributed by atoms with Crippen LogP contribution < -0.4 is 0 Å². The van der Waals surface area contributed by atoms with E-state index in [0.717, 1.165) is 19.3 Å². The summed E-state index contributed by atoms with van der Waals surface area (Å²) in [6.45, 7) is -1.05. The van der Waals surface area contributed by atoms with E-state index in [2.05, 4.69) is 4.74 Å². The number of carbonyl (C=O) groups is 2. The van der Waals surface area contributed by atoms with Crippen LogP contribution >= 0.6 is 0 Å². The highest BCUT2D eigenvalue weighted by Gasteiger charge is 2.60. The van der Waals surface area contributed by atoms with E-state index in [4.69, 9.17) is 4.74 Å². The smallest absolute Gasteiger partial charge is 0.344 e. The van der Waals surface area contributed by atoms with Gasteiger partial charge in [-0.1, -0.05) is 0 Å². The molecular weight excluding hydrogens is 310 g/mol. The summed E-state index contributed by atoms with van der Waals surface area (Å²) in [5.41, 5.74) is -1.53. The van der Waals surface area contributed by atoms with Gasteiger partial charge in [-0.25, -0.2) is 13.6 Å². The molecule has 4 aliphatic rings. The molecule has 4 fully saturated rings. The lowest BCUT2D eigenvalue weighted by Gasteiger charge is -2.58. The van der Waals surface area contributed by atoms with Gasteiger partial charge in [-0.15, -0.1) is 0 Å². The second-order valence-electron chi connectivity index (χ2n) is 7.77. The Morgan fingerprint density at radius 1 is 1.17 bits per heavy atom. The van der Waals surface area contributed by atoms with Crippen LogP contribution in [0.2, 0.25) is 0 Å². The number of alkyl halides is 2. The van der Waals surface area contributed by atoms with Gasteiger partial charge < -0.3 is 14.6 Å². The molecule has 5 nitrogen and oxygen atoms in total. The zero-order chi connectivity index (χ0) is 16.9. The van der Waals surface area contributed by atoms with Crippen molar-refractivity contribution in [2.75, 3.05) is 13.2 Å². The van der Waals surface area contributed by atoms with Crippen molar-refractivity contribution in [2.24, 2.45) is 17.3 Å². The molecule has 0 heterocycles. The SMILES string of the molecule is CC(F)(F)COC(=O)COC(=O)C12CC3CC(CC(O)(C3)C1)C2. The molecule has 0 saturated heterocycles. The lowest BCUT2D eigenvalue weighted by molar-refractivity contribution is -0.198. The zero-order valence-electron chi connectivity index (χ0n) is 13.1. The van der Waals surface area contributed by atoms with Crippen LogP contribution in [0, 0.1) is 17.3 Å². The van der Waals surface area contributed by atoms with Crippen LogP contribution in [-0.4, -0.2) is 41.8 Å². The van der Waals surface area contributed by atoms with Crippen LogP contribution in [0.1, 0.15) is 45.4 Å². The Bertz CT molecular complexity index is 499. The molecule has 0 amide bonds. The Morgan fingerprint density at radius 2 is 1.78 bits per heavy atom. The topological polar surface area (TPSA) is 72.8 Å². The first-order valence-electron chi connectivity index (χ1n) is 8.02. The third-order valence-corrected chi connectivity index (χ3v) is 5.27. The van der Waals surface area contributed by atoms with Gasteiger partial charge in [0.1, 0.15) is 0 Å². The van der Waals surface area contributed by atoms with Gasteiger partial charge in [0.05, 0.1) is 11.0 Å². The molecule has 0 aromatic rings. The lowest BCUT2D eigenvalue weighted by Crippen LogP contribution is -2.58. The van der Waals surface area contributed by atoms with Crippen LogP contribution in [0.3, 0.4) is 0 Å². The minimum absolute atomic E-state index is 0.319. The maximum Gasteiger partial charge on any atom is 0.344 e. The van der Waals surface area contributed by atoms with Crippen molar-refractivity contribution in [1.82, 2.24) is 0 Å². The summed E-state index contributed by atoms with van der Waals surface area (Å²) >= 11 is 0. The van der Waals surface area contributed by atoms with Gasteiger partial charge in [0, 0.05) is 6.92 Å². The molecule has 0 aromatic carbocycles. The first-order valence-corrected chi connectivity index (χ1v) is 8.02. The minimum atomic E-state index is -3.11. The summed E-state index contributed by atoms with van der Waals surface area (Å²) in [6.07, 6.45) is 4.20. The largest absolute Gasteiger partial charge is 0.457 e. The monoisotopic (exact) mass is 332 g/mol. The highest BCUT2D eigenvalue weighted by atomic mass is 19.3. The van der Waals surface area contributed by atoms with E-state index in [1.54, 1.807) is 0 Å². The fourth-order valence-electron chi connectivity index (χ4n) is 4.98. The maximum absolute atomic E-state index is 12.6. The fourth-order valence-corrected chi connectivity index (χ4v) is 4.98. The molecule has 0 aliphatic heterocycles. The predicted octanol–water partition coefficient (Wildman–Crippen LogP) is 2.06. The molecule has 23 heavy (non-hydrogen) atoms. The van der Waals surface area contributed by atoms with Crippen molar-refractivity contribution in [1.29, 1.82) is 0 Å². The average molecular weight is 332 g/mol. The summed E-state index contributed by atoms with van der Waals surface area (Å²) in [5, 5.41) is 10.6. The van der Waals surface area contributed by atoms with Crippen molar-refractivity contribution in [3.8, 4) is 0 Å². The van der Waals surface area contributed by atoms with Crippen molar-refractivity contribution < 1.29 is 33.0 Å². The number of aliphatic hydroxyl groups is 1. The van der Waals surface area contributed by atoms with Gasteiger partial charge in [-0.05, 0) is 50.4 Å². The van der Waals surface area contributed by atoms with E-state index >= 15 is 0 Å². The van der Waals surface area contributed by atoms with E-state index in [9.17, 15) is 23.5 Å². The number of ether oxygens (including phenoxy) is 2. The number of hydrogen-bond acceptors (Lipinski definition) is 5. The molecule has 2 atom stereocenters. The predicted molar refractivity (Wildman–Crippen MR) is 74.6 cm³/mol. The summed E-state index contributed by atoms with van der Waals surface area (Å²) in [5.74, 6) is -3.96. The zero-order valence-corrected chi connectivity index (χ0v) is 13.1. The fraction of sp³-hybridized carbons (Fsp3) is 0.875. The normalized spacial score (nSPS) is 38.4. The minimum Gasteiger partial charge on any atom is -0.457 e. The second-order valence-corrected chi connectivity index (χ2v) is 7.77.